The van der Waals surface area contributed by atoms with Gasteiger partial charge in [-0.05, 0) is 25.0 Å². The molecule has 3 amide bonds. The number of nitrogens with zero attached hydrogens (tertiary/aromatic N) is 1. The Morgan fingerprint density at radius 2 is 2.19 bits per heavy atom. The van der Waals surface area contributed by atoms with Gasteiger partial charge in [-0.3, -0.25) is 19.7 Å². The van der Waals surface area contributed by atoms with Gasteiger partial charge in [-0.25, -0.2) is 0 Å². The Bertz CT molecular complexity index is 518. The number of allylic oxidation sites excluding steroid dienone is 2. The first-order valence-electron chi connectivity index (χ1n) is 6.73. The number of nitrogens with one attached hydrogen (secondary N) is 1. The van der Waals surface area contributed by atoms with E-state index in [1.807, 2.05) is 6.92 Å². The van der Waals surface area contributed by atoms with Crippen LogP contribution in [0.3, 0.4) is 0 Å². The molecule has 112 valence electrons. The Morgan fingerprint density at radius 1 is 1.48 bits per heavy atom. The molecule has 0 aliphatic carbocycles. The highest BCUT2D eigenvalue weighted by Gasteiger charge is 2.30. The Balaban J connectivity index is 2.70. The van der Waals surface area contributed by atoms with Gasteiger partial charge in [0.05, 0.1) is 0 Å². The first-order chi connectivity index (χ1) is 10.0. The van der Waals surface area contributed by atoms with Crippen LogP contribution in [-0.4, -0.2) is 35.7 Å². The van der Waals surface area contributed by atoms with Crippen LogP contribution in [0.4, 0.5) is 0 Å². The van der Waals surface area contributed by atoms with E-state index in [1.165, 1.54) is 0 Å². The zero-order valence-corrected chi connectivity index (χ0v) is 12.2. The van der Waals surface area contributed by atoms with Crippen molar-refractivity contribution in [2.24, 2.45) is 0 Å². The summed E-state index contributed by atoms with van der Waals surface area (Å²) in [6.07, 6.45) is 7.77. The molecule has 0 radical (unpaired) electrons. The Labute approximate surface area is 124 Å². The minimum Gasteiger partial charge on any atom is -0.332 e. The molecule has 0 aromatic carbocycles. The number of carbonyl (C=O) groups excluding carboxylic acids is 3. The summed E-state index contributed by atoms with van der Waals surface area (Å²) in [6.45, 7) is 9.68. The van der Waals surface area contributed by atoms with Crippen LogP contribution in [0.1, 0.15) is 19.8 Å². The van der Waals surface area contributed by atoms with Crippen molar-refractivity contribution in [3.63, 3.8) is 0 Å². The fraction of sp³-hybridized carbons (Fsp3) is 0.312. The van der Waals surface area contributed by atoms with Crippen LogP contribution in [-0.2, 0) is 14.4 Å². The molecule has 1 N–H and O–H groups in total. The summed E-state index contributed by atoms with van der Waals surface area (Å²) in [6, 6.07) is -0.0977. The lowest BCUT2D eigenvalue weighted by molar-refractivity contribution is -0.129. The molecule has 5 heteroatoms. The highest BCUT2D eigenvalue weighted by molar-refractivity contribution is 6.00. The maximum absolute atomic E-state index is 12.4. The summed E-state index contributed by atoms with van der Waals surface area (Å²) < 4.78 is 0. The average Bonchev–Trinajstić information content (AvgIpc) is 2.79. The predicted octanol–water partition coefficient (Wildman–Crippen LogP) is 1.49. The molecule has 0 aromatic rings. The van der Waals surface area contributed by atoms with Gasteiger partial charge in [-0.1, -0.05) is 31.4 Å². The molecule has 1 aliphatic heterocycles. The van der Waals surface area contributed by atoms with Gasteiger partial charge in [0.1, 0.15) is 0 Å². The second-order valence-corrected chi connectivity index (χ2v) is 4.74. The number of imide groups is 1. The third kappa shape index (κ3) is 4.27. The van der Waals surface area contributed by atoms with Gasteiger partial charge >= 0.3 is 0 Å². The van der Waals surface area contributed by atoms with Crippen LogP contribution >= 0.6 is 0 Å². The van der Waals surface area contributed by atoms with Crippen molar-refractivity contribution in [1.29, 1.82) is 0 Å². The summed E-state index contributed by atoms with van der Waals surface area (Å²) >= 11 is 0. The van der Waals surface area contributed by atoms with Crippen LogP contribution in [0.25, 0.3) is 0 Å². The minimum absolute atomic E-state index is 0.0775. The van der Waals surface area contributed by atoms with Gasteiger partial charge in [0.2, 0.25) is 12.3 Å². The minimum atomic E-state index is -0.341. The maximum atomic E-state index is 12.4. The first kappa shape index (κ1) is 16.6. The van der Waals surface area contributed by atoms with E-state index in [0.29, 0.717) is 24.9 Å². The third-order valence-electron chi connectivity index (χ3n) is 3.36. The lowest BCUT2D eigenvalue weighted by Crippen LogP contribution is -2.36. The normalized spacial score (nSPS) is 16.2. The zero-order chi connectivity index (χ0) is 15.8. The molecule has 21 heavy (non-hydrogen) atoms. The second-order valence-electron chi connectivity index (χ2n) is 4.74. The molecule has 0 spiro atoms. The molecule has 0 aromatic heterocycles. The van der Waals surface area contributed by atoms with Crippen LogP contribution < -0.4 is 5.32 Å². The van der Waals surface area contributed by atoms with Gasteiger partial charge in [-0.2, -0.15) is 0 Å². The van der Waals surface area contributed by atoms with Crippen molar-refractivity contribution in [3.05, 3.63) is 48.6 Å². The van der Waals surface area contributed by atoms with E-state index in [9.17, 15) is 14.4 Å². The van der Waals surface area contributed by atoms with Gasteiger partial charge in [0, 0.05) is 24.6 Å². The average molecular weight is 288 g/mol. The largest absolute Gasteiger partial charge is 0.332 e. The summed E-state index contributed by atoms with van der Waals surface area (Å²) in [5, 5.41) is 2.09. The van der Waals surface area contributed by atoms with Crippen LogP contribution in [0.2, 0.25) is 0 Å². The van der Waals surface area contributed by atoms with Crippen molar-refractivity contribution >= 4 is 18.2 Å². The van der Waals surface area contributed by atoms with Crippen LogP contribution in [0.5, 0.6) is 0 Å². The molecule has 1 unspecified atom stereocenters. The number of amides is 3. The molecule has 1 rings (SSSR count). The smallest absolute Gasteiger partial charge is 0.254 e. The van der Waals surface area contributed by atoms with Gasteiger partial charge < -0.3 is 4.90 Å². The SMILES string of the molecule is C=C/C=C\C1=C(C=C)CN(C(C)CCC(=O)NC=O)C1=O. The predicted molar refractivity (Wildman–Crippen MR) is 81.2 cm³/mol. The summed E-state index contributed by atoms with van der Waals surface area (Å²) in [4.78, 5) is 35.5. The summed E-state index contributed by atoms with van der Waals surface area (Å²) in [5.41, 5.74) is 1.47. The fourth-order valence-electron chi connectivity index (χ4n) is 2.14. The molecular formula is C16H20N2O3. The van der Waals surface area contributed by atoms with Gasteiger partial charge in [-0.15, -0.1) is 0 Å². The van der Waals surface area contributed by atoms with E-state index < -0.39 is 0 Å². The van der Waals surface area contributed by atoms with Crippen LogP contribution in [0, 0.1) is 0 Å². The Hall–Kier alpha value is -2.43. The number of hydrogen-bond acceptors (Lipinski definition) is 3. The van der Waals surface area contributed by atoms with E-state index in [0.717, 1.165) is 5.57 Å². The van der Waals surface area contributed by atoms with Crippen molar-refractivity contribution in [2.45, 2.75) is 25.8 Å². The molecule has 0 bridgehead atoms. The van der Waals surface area contributed by atoms with E-state index in [2.05, 4.69) is 18.5 Å². The van der Waals surface area contributed by atoms with Crippen LogP contribution in [0.15, 0.2) is 48.6 Å². The highest BCUT2D eigenvalue weighted by Crippen LogP contribution is 2.24. The van der Waals surface area contributed by atoms with Gasteiger partial charge in [0.25, 0.3) is 5.91 Å². The van der Waals surface area contributed by atoms with E-state index in [1.54, 1.807) is 29.2 Å². The highest BCUT2D eigenvalue weighted by atomic mass is 16.2. The molecule has 5 nitrogen and oxygen atoms in total. The van der Waals surface area contributed by atoms with E-state index in [-0.39, 0.29) is 24.3 Å². The number of hydrogen-bond donors (Lipinski definition) is 1. The standard InChI is InChI=1S/C16H20N2O3/c1-4-6-7-14-13(5-2)10-18(16(14)21)12(3)8-9-15(20)17-11-19/h4-7,11-12H,1-2,8-10H2,3H3,(H,17,19,20)/b7-6-. The monoisotopic (exact) mass is 288 g/mol. The lowest BCUT2D eigenvalue weighted by Gasteiger charge is -2.24. The molecule has 0 fully saturated rings. The molecule has 1 atom stereocenters. The zero-order valence-electron chi connectivity index (χ0n) is 12.2. The van der Waals surface area contributed by atoms with Gasteiger partial charge in [0.15, 0.2) is 0 Å². The van der Waals surface area contributed by atoms with Crippen molar-refractivity contribution in [3.8, 4) is 0 Å². The summed E-state index contributed by atoms with van der Waals surface area (Å²) in [5.74, 6) is -0.418. The first-order valence-corrected chi connectivity index (χ1v) is 6.73. The molecule has 1 heterocycles. The number of carbonyl (C=O) groups is 3. The third-order valence-corrected chi connectivity index (χ3v) is 3.36. The maximum Gasteiger partial charge on any atom is 0.254 e. The second kappa shape index (κ2) is 7.99. The van der Waals surface area contributed by atoms with E-state index in [4.69, 9.17) is 0 Å². The quantitative estimate of drug-likeness (QED) is 0.543. The topological polar surface area (TPSA) is 66.5 Å². The molecule has 0 saturated heterocycles. The Morgan fingerprint density at radius 3 is 2.76 bits per heavy atom. The molecule has 1 aliphatic rings. The molecule has 0 saturated carbocycles. The fourth-order valence-corrected chi connectivity index (χ4v) is 2.14. The van der Waals surface area contributed by atoms with Crippen molar-refractivity contribution in [2.75, 3.05) is 6.54 Å². The lowest BCUT2D eigenvalue weighted by atomic mass is 10.1. The van der Waals surface area contributed by atoms with E-state index >= 15 is 0 Å². The molecular weight excluding hydrogens is 268 g/mol. The van der Waals surface area contributed by atoms with Crippen molar-refractivity contribution in [1.82, 2.24) is 10.2 Å². The summed E-state index contributed by atoms with van der Waals surface area (Å²) in [7, 11) is 0. The Kier molecular flexibility index (Phi) is 6.33. The number of rotatable bonds is 8. The van der Waals surface area contributed by atoms with Crippen molar-refractivity contribution < 1.29 is 14.4 Å².